The summed E-state index contributed by atoms with van der Waals surface area (Å²) in [5.41, 5.74) is 10.5. The SMILES string of the molecule is Cc1ccc(O[B-]2(Oc3ccc(C)cc3C)Oc3c(C)cc(C)cc3-c3cc(C)cc(C)c3O2)c(C)c1. The fourth-order valence-corrected chi connectivity index (χ4v) is 5.23. The molecule has 0 spiro atoms. The van der Waals surface area contributed by atoms with Crippen LogP contribution in [0.5, 0.6) is 23.0 Å². The Morgan fingerprint density at radius 3 is 1.22 bits per heavy atom. The summed E-state index contributed by atoms with van der Waals surface area (Å²) in [7, 11) is 0. The van der Waals surface area contributed by atoms with E-state index in [1.807, 2.05) is 38.1 Å². The highest BCUT2D eigenvalue weighted by atomic mass is 16.9. The Balaban J connectivity index is 1.77. The van der Waals surface area contributed by atoms with E-state index in [9.17, 15) is 0 Å². The van der Waals surface area contributed by atoms with Crippen molar-refractivity contribution in [1.82, 2.24) is 0 Å². The first kappa shape index (κ1) is 24.8. The van der Waals surface area contributed by atoms with Gasteiger partial charge in [0.1, 0.15) is 0 Å². The third kappa shape index (κ3) is 4.78. The first-order chi connectivity index (χ1) is 17.5. The molecule has 4 nitrogen and oxygen atoms in total. The van der Waals surface area contributed by atoms with Gasteiger partial charge in [-0.3, -0.25) is 0 Å². The van der Waals surface area contributed by atoms with Crippen LogP contribution in [-0.2, 0) is 0 Å². The van der Waals surface area contributed by atoms with E-state index >= 15 is 0 Å². The molecular formula is C32H34BO4-. The van der Waals surface area contributed by atoms with Crippen molar-refractivity contribution in [2.75, 3.05) is 0 Å². The lowest BCUT2D eigenvalue weighted by molar-refractivity contribution is 0.162. The lowest BCUT2D eigenvalue weighted by atomic mass is 9.95. The number of rotatable bonds is 4. The molecule has 0 saturated carbocycles. The monoisotopic (exact) mass is 493 g/mol. The normalized spacial score (nSPS) is 13.5. The maximum absolute atomic E-state index is 6.78. The van der Waals surface area contributed by atoms with Gasteiger partial charge >= 0.3 is 6.96 Å². The standard InChI is InChI=1S/C32H34BO4/c1-19-9-11-29(23(5)13-19)34-33(35-30-12-10-20(2)14-24(30)6)36-31-25(7)15-21(3)17-27(31)28-18-22(4)16-26(8)32(28)37-33/h9-18H,1-8H3/q-1. The number of fused-ring (bicyclic) bond motifs is 3. The summed E-state index contributed by atoms with van der Waals surface area (Å²) in [4.78, 5) is 0. The van der Waals surface area contributed by atoms with Gasteiger partial charge in [0.2, 0.25) is 0 Å². The summed E-state index contributed by atoms with van der Waals surface area (Å²) >= 11 is 0. The predicted octanol–water partition coefficient (Wildman–Crippen LogP) is 8.19. The average molecular weight is 493 g/mol. The second kappa shape index (κ2) is 9.22. The first-order valence-corrected chi connectivity index (χ1v) is 12.8. The minimum Gasteiger partial charge on any atom is -0.611 e. The van der Waals surface area contributed by atoms with Gasteiger partial charge in [-0.25, -0.2) is 0 Å². The molecule has 0 saturated heterocycles. The average Bonchev–Trinajstić information content (AvgIpc) is 2.94. The molecule has 0 bridgehead atoms. The van der Waals surface area contributed by atoms with Crippen LogP contribution in [0.2, 0.25) is 0 Å². The van der Waals surface area contributed by atoms with Crippen LogP contribution < -0.4 is 18.6 Å². The summed E-state index contributed by atoms with van der Waals surface area (Å²) in [6, 6.07) is 20.6. The highest BCUT2D eigenvalue weighted by molar-refractivity contribution is 6.57. The maximum atomic E-state index is 6.78. The second-order valence-corrected chi connectivity index (χ2v) is 10.5. The van der Waals surface area contributed by atoms with Crippen molar-refractivity contribution in [2.24, 2.45) is 0 Å². The van der Waals surface area contributed by atoms with E-state index in [2.05, 4.69) is 77.9 Å². The van der Waals surface area contributed by atoms with Crippen molar-refractivity contribution >= 4 is 6.96 Å². The van der Waals surface area contributed by atoms with Crippen LogP contribution in [0.1, 0.15) is 44.5 Å². The Morgan fingerprint density at radius 2 is 0.838 bits per heavy atom. The molecule has 0 N–H and O–H groups in total. The third-order valence-corrected chi connectivity index (χ3v) is 6.86. The quantitative estimate of drug-likeness (QED) is 0.269. The molecule has 0 atom stereocenters. The fourth-order valence-electron chi connectivity index (χ4n) is 5.23. The molecule has 4 aromatic rings. The van der Waals surface area contributed by atoms with Crippen molar-refractivity contribution in [3.05, 3.63) is 105 Å². The van der Waals surface area contributed by atoms with E-state index < -0.39 is 6.96 Å². The summed E-state index contributed by atoms with van der Waals surface area (Å²) in [5, 5.41) is 0. The summed E-state index contributed by atoms with van der Waals surface area (Å²) in [5.74, 6) is 2.69. The van der Waals surface area contributed by atoms with Gasteiger partial charge in [0.05, 0.1) is 23.0 Å². The van der Waals surface area contributed by atoms with Crippen LogP contribution in [-0.4, -0.2) is 6.96 Å². The molecule has 1 aliphatic rings. The zero-order valence-electron chi connectivity index (χ0n) is 23.0. The molecule has 0 aliphatic carbocycles. The van der Waals surface area contributed by atoms with Crippen molar-refractivity contribution in [3.63, 3.8) is 0 Å². The molecule has 37 heavy (non-hydrogen) atoms. The molecule has 1 heterocycles. The van der Waals surface area contributed by atoms with E-state index in [1.165, 1.54) is 0 Å². The third-order valence-electron chi connectivity index (χ3n) is 6.86. The van der Waals surface area contributed by atoms with Crippen LogP contribution in [0.15, 0.2) is 60.7 Å². The Kier molecular flexibility index (Phi) is 6.19. The largest absolute Gasteiger partial charge is 0.777 e. The van der Waals surface area contributed by atoms with E-state index in [-0.39, 0.29) is 0 Å². The molecule has 0 amide bonds. The molecule has 0 radical (unpaired) electrons. The van der Waals surface area contributed by atoms with Gasteiger partial charge in [0, 0.05) is 11.1 Å². The minimum absolute atomic E-state index is 0.648. The van der Waals surface area contributed by atoms with Gasteiger partial charge < -0.3 is 18.6 Å². The van der Waals surface area contributed by atoms with Crippen LogP contribution in [0.4, 0.5) is 0 Å². The molecule has 0 unspecified atom stereocenters. The van der Waals surface area contributed by atoms with Gasteiger partial charge in [-0.05, 0) is 113 Å². The van der Waals surface area contributed by atoms with E-state index in [0.29, 0.717) is 23.0 Å². The Bertz CT molecular complexity index is 1410. The zero-order valence-corrected chi connectivity index (χ0v) is 23.0. The first-order valence-electron chi connectivity index (χ1n) is 12.8. The van der Waals surface area contributed by atoms with Gasteiger partial charge in [0.15, 0.2) is 0 Å². The van der Waals surface area contributed by atoms with E-state index in [1.54, 1.807) is 0 Å². The molecule has 190 valence electrons. The van der Waals surface area contributed by atoms with E-state index in [0.717, 1.165) is 55.6 Å². The number of hydrogen-bond donors (Lipinski definition) is 0. The number of aryl methyl sites for hydroxylation is 8. The van der Waals surface area contributed by atoms with Gasteiger partial charge in [-0.2, -0.15) is 0 Å². The molecule has 4 aromatic carbocycles. The van der Waals surface area contributed by atoms with Crippen molar-refractivity contribution < 1.29 is 18.6 Å². The lowest BCUT2D eigenvalue weighted by Gasteiger charge is -2.42. The van der Waals surface area contributed by atoms with Gasteiger partial charge in [0.25, 0.3) is 0 Å². The fraction of sp³-hybridized carbons (Fsp3) is 0.250. The van der Waals surface area contributed by atoms with Crippen LogP contribution in [0.3, 0.4) is 0 Å². The molecule has 0 aromatic heterocycles. The molecule has 5 rings (SSSR count). The Hall–Kier alpha value is -3.86. The molecule has 1 aliphatic heterocycles. The molecule has 0 fully saturated rings. The summed E-state index contributed by atoms with van der Waals surface area (Å²) in [6.07, 6.45) is 0. The van der Waals surface area contributed by atoms with Crippen LogP contribution in [0, 0.1) is 55.4 Å². The highest BCUT2D eigenvalue weighted by Crippen LogP contribution is 2.46. The van der Waals surface area contributed by atoms with Gasteiger partial charge in [-0.15, -0.1) is 0 Å². The highest BCUT2D eigenvalue weighted by Gasteiger charge is 2.46. The predicted molar refractivity (Wildman–Crippen MR) is 151 cm³/mol. The minimum atomic E-state index is -2.81. The van der Waals surface area contributed by atoms with Gasteiger partial charge in [-0.1, -0.05) is 47.5 Å². The summed E-state index contributed by atoms with van der Waals surface area (Å²) < 4.78 is 26.9. The second-order valence-electron chi connectivity index (χ2n) is 10.5. The maximum Gasteiger partial charge on any atom is 0.777 e. The van der Waals surface area contributed by atoms with Crippen LogP contribution in [0.25, 0.3) is 11.1 Å². The summed E-state index contributed by atoms with van der Waals surface area (Å²) in [6.45, 7) is 13.6. The number of benzene rings is 4. The zero-order chi connectivity index (χ0) is 26.5. The molecule has 5 heteroatoms. The van der Waals surface area contributed by atoms with Crippen LogP contribution >= 0.6 is 0 Å². The topological polar surface area (TPSA) is 36.9 Å². The number of hydrogen-bond acceptors (Lipinski definition) is 4. The molecular weight excluding hydrogens is 459 g/mol. The van der Waals surface area contributed by atoms with E-state index in [4.69, 9.17) is 18.6 Å². The van der Waals surface area contributed by atoms with Crippen molar-refractivity contribution in [3.8, 4) is 34.1 Å². The van der Waals surface area contributed by atoms with Crippen molar-refractivity contribution in [1.29, 1.82) is 0 Å². The Morgan fingerprint density at radius 1 is 0.459 bits per heavy atom. The smallest absolute Gasteiger partial charge is 0.611 e. The lowest BCUT2D eigenvalue weighted by Crippen LogP contribution is -2.60. The van der Waals surface area contributed by atoms with Crippen molar-refractivity contribution in [2.45, 2.75) is 55.4 Å². The Labute approximate surface area is 220 Å².